The van der Waals surface area contributed by atoms with Gasteiger partial charge in [0.25, 0.3) is 0 Å². The number of carbonyl (C=O) groups is 1. The number of hydrogen-bond donors (Lipinski definition) is 0. The van der Waals surface area contributed by atoms with Gasteiger partial charge in [0.15, 0.2) is 0 Å². The summed E-state index contributed by atoms with van der Waals surface area (Å²) in [5.41, 5.74) is 3.90. The van der Waals surface area contributed by atoms with Crippen molar-refractivity contribution in [2.75, 3.05) is 19.7 Å². The first kappa shape index (κ1) is 16.6. The highest BCUT2D eigenvalue weighted by Gasteiger charge is 2.24. The van der Waals surface area contributed by atoms with Gasteiger partial charge in [-0.2, -0.15) is 0 Å². The summed E-state index contributed by atoms with van der Waals surface area (Å²) >= 11 is 0. The van der Waals surface area contributed by atoms with Crippen LogP contribution in [-0.2, 0) is 16.0 Å². The van der Waals surface area contributed by atoms with Gasteiger partial charge in [0.2, 0.25) is 5.91 Å². The average Bonchev–Trinajstić information content (AvgIpc) is 2.56. The molecule has 2 aromatic rings. The Kier molecular flexibility index (Phi) is 4.90. The van der Waals surface area contributed by atoms with Crippen molar-refractivity contribution in [1.82, 2.24) is 9.88 Å². The van der Waals surface area contributed by atoms with E-state index in [-0.39, 0.29) is 17.8 Å². The van der Waals surface area contributed by atoms with E-state index in [1.807, 2.05) is 19.1 Å². The van der Waals surface area contributed by atoms with E-state index in [1.165, 1.54) is 12.1 Å². The SMILES string of the molecule is CC(=O)N1CCOC(c2cc(Cc3ccc(F)cc3)cc(C)n2)C1. The molecule has 1 unspecified atom stereocenters. The van der Waals surface area contributed by atoms with E-state index in [0.29, 0.717) is 26.1 Å². The fourth-order valence-corrected chi connectivity index (χ4v) is 2.99. The van der Waals surface area contributed by atoms with E-state index in [9.17, 15) is 9.18 Å². The molecule has 24 heavy (non-hydrogen) atoms. The molecule has 4 nitrogen and oxygen atoms in total. The van der Waals surface area contributed by atoms with E-state index in [0.717, 1.165) is 22.5 Å². The smallest absolute Gasteiger partial charge is 0.219 e. The van der Waals surface area contributed by atoms with Crippen LogP contribution in [0.1, 0.15) is 35.5 Å². The molecule has 5 heteroatoms. The third kappa shape index (κ3) is 3.97. The summed E-state index contributed by atoms with van der Waals surface area (Å²) in [6, 6.07) is 10.6. The largest absolute Gasteiger partial charge is 0.368 e. The van der Waals surface area contributed by atoms with Crippen LogP contribution in [0.4, 0.5) is 4.39 Å². The molecule has 1 aromatic carbocycles. The summed E-state index contributed by atoms with van der Waals surface area (Å²) in [6.07, 6.45) is 0.509. The molecule has 1 fully saturated rings. The highest BCUT2D eigenvalue weighted by Crippen LogP contribution is 2.23. The number of ether oxygens (including phenoxy) is 1. The van der Waals surface area contributed by atoms with Gasteiger partial charge in [0.05, 0.1) is 18.8 Å². The van der Waals surface area contributed by atoms with Crippen molar-refractivity contribution in [2.24, 2.45) is 0 Å². The number of amides is 1. The second-order valence-electron chi connectivity index (χ2n) is 6.17. The molecule has 0 saturated carbocycles. The first-order valence-electron chi connectivity index (χ1n) is 8.10. The summed E-state index contributed by atoms with van der Waals surface area (Å²) < 4.78 is 18.9. The maximum atomic E-state index is 13.0. The van der Waals surface area contributed by atoms with Crippen molar-refractivity contribution in [3.05, 3.63) is 64.7 Å². The van der Waals surface area contributed by atoms with E-state index >= 15 is 0 Å². The van der Waals surface area contributed by atoms with Crippen molar-refractivity contribution < 1.29 is 13.9 Å². The van der Waals surface area contributed by atoms with E-state index in [2.05, 4.69) is 4.98 Å². The first-order valence-corrected chi connectivity index (χ1v) is 8.10. The lowest BCUT2D eigenvalue weighted by atomic mass is 10.0. The van der Waals surface area contributed by atoms with Crippen LogP contribution in [0.5, 0.6) is 0 Å². The molecule has 126 valence electrons. The van der Waals surface area contributed by atoms with Crippen LogP contribution in [0.3, 0.4) is 0 Å². The zero-order valence-corrected chi connectivity index (χ0v) is 14.0. The summed E-state index contributed by atoms with van der Waals surface area (Å²) in [5, 5.41) is 0. The zero-order valence-electron chi connectivity index (χ0n) is 14.0. The Balaban J connectivity index is 1.80. The van der Waals surface area contributed by atoms with Gasteiger partial charge in [-0.1, -0.05) is 12.1 Å². The van der Waals surface area contributed by atoms with Gasteiger partial charge in [-0.25, -0.2) is 4.39 Å². The molecule has 0 radical (unpaired) electrons. The molecular formula is C19H21FN2O2. The number of carbonyl (C=O) groups excluding carboxylic acids is 1. The van der Waals surface area contributed by atoms with E-state index < -0.39 is 0 Å². The van der Waals surface area contributed by atoms with Gasteiger partial charge < -0.3 is 9.64 Å². The lowest BCUT2D eigenvalue weighted by Crippen LogP contribution is -2.41. The molecule has 2 heterocycles. The predicted octanol–water partition coefficient (Wildman–Crippen LogP) is 3.04. The highest BCUT2D eigenvalue weighted by atomic mass is 19.1. The number of rotatable bonds is 3. The van der Waals surface area contributed by atoms with Crippen LogP contribution in [0.25, 0.3) is 0 Å². The average molecular weight is 328 g/mol. The van der Waals surface area contributed by atoms with Gasteiger partial charge in [-0.3, -0.25) is 9.78 Å². The lowest BCUT2D eigenvalue weighted by Gasteiger charge is -2.32. The number of aromatic nitrogens is 1. The normalized spacial score (nSPS) is 17.8. The predicted molar refractivity (Wildman–Crippen MR) is 89.1 cm³/mol. The highest BCUT2D eigenvalue weighted by molar-refractivity contribution is 5.73. The molecule has 1 amide bonds. The minimum atomic E-state index is -0.231. The topological polar surface area (TPSA) is 42.4 Å². The lowest BCUT2D eigenvalue weighted by molar-refractivity contribution is -0.136. The molecule has 1 aliphatic rings. The summed E-state index contributed by atoms with van der Waals surface area (Å²) in [4.78, 5) is 18.0. The molecule has 0 spiro atoms. The minimum Gasteiger partial charge on any atom is -0.368 e. The fourth-order valence-electron chi connectivity index (χ4n) is 2.99. The Bertz CT molecular complexity index is 731. The van der Waals surface area contributed by atoms with Crippen molar-refractivity contribution in [3.8, 4) is 0 Å². The Labute approximate surface area is 141 Å². The molecule has 1 aliphatic heterocycles. The third-order valence-corrected chi connectivity index (χ3v) is 4.20. The van der Waals surface area contributed by atoms with Gasteiger partial charge in [0.1, 0.15) is 11.9 Å². The first-order chi connectivity index (χ1) is 11.5. The summed E-state index contributed by atoms with van der Waals surface area (Å²) in [6.45, 7) is 5.20. The molecule has 1 atom stereocenters. The van der Waals surface area contributed by atoms with Crippen LogP contribution in [0.2, 0.25) is 0 Å². The Morgan fingerprint density at radius 2 is 2.04 bits per heavy atom. The molecular weight excluding hydrogens is 307 g/mol. The Morgan fingerprint density at radius 1 is 1.29 bits per heavy atom. The molecule has 0 bridgehead atoms. The van der Waals surface area contributed by atoms with Gasteiger partial charge in [0, 0.05) is 19.2 Å². The van der Waals surface area contributed by atoms with Crippen LogP contribution in [0.15, 0.2) is 36.4 Å². The number of pyridine rings is 1. The van der Waals surface area contributed by atoms with Crippen LogP contribution in [-0.4, -0.2) is 35.5 Å². The molecule has 1 aromatic heterocycles. The molecule has 0 N–H and O–H groups in total. The second kappa shape index (κ2) is 7.09. The van der Waals surface area contributed by atoms with Crippen molar-refractivity contribution in [1.29, 1.82) is 0 Å². The van der Waals surface area contributed by atoms with Crippen LogP contribution in [0, 0.1) is 12.7 Å². The van der Waals surface area contributed by atoms with Crippen LogP contribution >= 0.6 is 0 Å². The zero-order chi connectivity index (χ0) is 17.1. The Morgan fingerprint density at radius 3 is 2.75 bits per heavy atom. The number of nitrogens with zero attached hydrogens (tertiary/aromatic N) is 2. The fraction of sp³-hybridized carbons (Fsp3) is 0.368. The van der Waals surface area contributed by atoms with Crippen molar-refractivity contribution >= 4 is 5.91 Å². The molecule has 3 rings (SSSR count). The minimum absolute atomic E-state index is 0.0579. The maximum absolute atomic E-state index is 13.0. The quantitative estimate of drug-likeness (QED) is 0.870. The van der Waals surface area contributed by atoms with Gasteiger partial charge in [-0.15, -0.1) is 0 Å². The molecule has 0 aliphatic carbocycles. The summed E-state index contributed by atoms with van der Waals surface area (Å²) in [5.74, 6) is -0.173. The number of morpholine rings is 1. The maximum Gasteiger partial charge on any atom is 0.219 e. The summed E-state index contributed by atoms with van der Waals surface area (Å²) in [7, 11) is 0. The Hall–Kier alpha value is -2.27. The number of hydrogen-bond acceptors (Lipinski definition) is 3. The van der Waals surface area contributed by atoms with E-state index in [4.69, 9.17) is 4.74 Å². The van der Waals surface area contributed by atoms with Crippen LogP contribution < -0.4 is 0 Å². The van der Waals surface area contributed by atoms with Crippen molar-refractivity contribution in [2.45, 2.75) is 26.4 Å². The second-order valence-corrected chi connectivity index (χ2v) is 6.17. The standard InChI is InChI=1S/C19H21FN2O2/c1-13-9-16(10-15-3-5-17(20)6-4-15)11-18(21-13)19-12-22(14(2)23)7-8-24-19/h3-6,9,11,19H,7-8,10,12H2,1-2H3. The monoisotopic (exact) mass is 328 g/mol. The number of aryl methyl sites for hydroxylation is 1. The number of halogens is 1. The molecule has 1 saturated heterocycles. The van der Waals surface area contributed by atoms with Crippen molar-refractivity contribution in [3.63, 3.8) is 0 Å². The number of benzene rings is 1. The van der Waals surface area contributed by atoms with E-state index in [1.54, 1.807) is 24.0 Å². The third-order valence-electron chi connectivity index (χ3n) is 4.20. The van der Waals surface area contributed by atoms with Gasteiger partial charge >= 0.3 is 0 Å². The van der Waals surface area contributed by atoms with Gasteiger partial charge in [-0.05, 0) is 48.7 Å².